The lowest BCUT2D eigenvalue weighted by Crippen LogP contribution is -2.45. The number of carbonyl (C=O) groups is 2. The highest BCUT2D eigenvalue weighted by atomic mass is 16.6. The van der Waals surface area contributed by atoms with E-state index in [9.17, 15) is 9.59 Å². The van der Waals surface area contributed by atoms with Crippen LogP contribution >= 0.6 is 0 Å². The topological polar surface area (TPSA) is 46.6 Å². The summed E-state index contributed by atoms with van der Waals surface area (Å²) in [6.07, 6.45) is 2.90. The van der Waals surface area contributed by atoms with Gasteiger partial charge < -0.3 is 4.74 Å². The van der Waals surface area contributed by atoms with E-state index in [0.717, 1.165) is 24.8 Å². The number of ether oxygens (including phenoxy) is 1. The van der Waals surface area contributed by atoms with Crippen molar-refractivity contribution in [2.45, 2.75) is 44.4 Å². The number of rotatable bonds is 2. The third kappa shape index (κ3) is 2.35. The first-order valence-electron chi connectivity index (χ1n) is 6.77. The molecule has 3 rings (SSSR count). The molecule has 0 aliphatic carbocycles. The summed E-state index contributed by atoms with van der Waals surface area (Å²) in [6, 6.07) is 9.42. The van der Waals surface area contributed by atoms with Crippen molar-refractivity contribution >= 4 is 11.9 Å². The summed E-state index contributed by atoms with van der Waals surface area (Å²) >= 11 is 0. The first-order chi connectivity index (χ1) is 9.25. The maximum atomic E-state index is 12.1. The first-order valence-corrected chi connectivity index (χ1v) is 6.77. The molecule has 0 aromatic heterocycles. The van der Waals surface area contributed by atoms with Crippen molar-refractivity contribution in [1.29, 1.82) is 0 Å². The Morgan fingerprint density at radius 3 is 2.79 bits per heavy atom. The zero-order valence-corrected chi connectivity index (χ0v) is 10.7. The van der Waals surface area contributed by atoms with E-state index in [1.54, 1.807) is 4.90 Å². The van der Waals surface area contributed by atoms with Gasteiger partial charge >= 0.3 is 6.09 Å². The second-order valence-electron chi connectivity index (χ2n) is 5.22. The standard InChI is InChI=1S/C15H17NO3/c17-14-9-12-7-4-8-13(14)16(12)15(18)19-10-11-5-2-1-3-6-11/h1-3,5-6,12-13H,4,7-10H2. The normalized spacial score (nSPS) is 25.5. The molecule has 4 heteroatoms. The molecule has 1 aromatic carbocycles. The maximum absolute atomic E-state index is 12.1. The number of amides is 1. The highest BCUT2D eigenvalue weighted by Gasteiger charge is 2.45. The molecular weight excluding hydrogens is 242 g/mol. The van der Waals surface area contributed by atoms with Crippen LogP contribution in [0.3, 0.4) is 0 Å². The molecule has 2 saturated heterocycles. The highest BCUT2D eigenvalue weighted by molar-refractivity contribution is 5.91. The lowest BCUT2D eigenvalue weighted by Gasteiger charge is -2.32. The quantitative estimate of drug-likeness (QED) is 0.820. The van der Waals surface area contributed by atoms with Crippen molar-refractivity contribution in [3.05, 3.63) is 35.9 Å². The van der Waals surface area contributed by atoms with Crippen LogP contribution in [0.2, 0.25) is 0 Å². The smallest absolute Gasteiger partial charge is 0.410 e. The van der Waals surface area contributed by atoms with Crippen LogP contribution in [0.1, 0.15) is 31.2 Å². The molecule has 0 radical (unpaired) electrons. The molecule has 0 N–H and O–H groups in total. The van der Waals surface area contributed by atoms with E-state index in [1.807, 2.05) is 30.3 Å². The van der Waals surface area contributed by atoms with Gasteiger partial charge in [-0.2, -0.15) is 0 Å². The number of carbonyl (C=O) groups excluding carboxylic acids is 2. The van der Waals surface area contributed by atoms with Crippen molar-refractivity contribution in [2.75, 3.05) is 0 Å². The molecule has 0 spiro atoms. The van der Waals surface area contributed by atoms with Crippen LogP contribution in [0.15, 0.2) is 30.3 Å². The molecule has 2 unspecified atom stereocenters. The first kappa shape index (κ1) is 12.2. The van der Waals surface area contributed by atoms with E-state index in [4.69, 9.17) is 4.74 Å². The summed E-state index contributed by atoms with van der Waals surface area (Å²) in [6.45, 7) is 0.268. The van der Waals surface area contributed by atoms with Crippen LogP contribution in [-0.2, 0) is 16.1 Å². The molecule has 2 bridgehead atoms. The fourth-order valence-corrected chi connectivity index (χ4v) is 3.03. The van der Waals surface area contributed by atoms with Crippen LogP contribution in [-0.4, -0.2) is 28.9 Å². The Kier molecular flexibility index (Phi) is 3.23. The van der Waals surface area contributed by atoms with Gasteiger partial charge in [0.1, 0.15) is 6.61 Å². The third-order valence-electron chi connectivity index (χ3n) is 3.97. The Bertz CT molecular complexity index is 485. The second kappa shape index (κ2) is 5.03. The lowest BCUT2D eigenvalue weighted by molar-refractivity contribution is -0.120. The molecule has 2 aliphatic heterocycles. The fraction of sp³-hybridized carbons (Fsp3) is 0.467. The largest absolute Gasteiger partial charge is 0.445 e. The van der Waals surface area contributed by atoms with Gasteiger partial charge in [0, 0.05) is 12.5 Å². The van der Waals surface area contributed by atoms with Gasteiger partial charge in [0.25, 0.3) is 0 Å². The Labute approximate surface area is 112 Å². The van der Waals surface area contributed by atoms with E-state index in [0.29, 0.717) is 6.42 Å². The zero-order valence-electron chi connectivity index (χ0n) is 10.7. The summed E-state index contributed by atoms with van der Waals surface area (Å²) < 4.78 is 5.33. The third-order valence-corrected chi connectivity index (χ3v) is 3.97. The molecule has 2 fully saturated rings. The Hall–Kier alpha value is -1.84. The van der Waals surface area contributed by atoms with E-state index in [1.165, 1.54) is 0 Å². The molecular formula is C15H17NO3. The van der Waals surface area contributed by atoms with Crippen molar-refractivity contribution in [3.63, 3.8) is 0 Å². The van der Waals surface area contributed by atoms with Crippen LogP contribution in [0.5, 0.6) is 0 Å². The average molecular weight is 259 g/mol. The van der Waals surface area contributed by atoms with Crippen LogP contribution in [0.25, 0.3) is 0 Å². The summed E-state index contributed by atoms with van der Waals surface area (Å²) in [7, 11) is 0. The van der Waals surface area contributed by atoms with Gasteiger partial charge in [0.15, 0.2) is 5.78 Å². The summed E-state index contributed by atoms with van der Waals surface area (Å²) in [5.74, 6) is 0.194. The van der Waals surface area contributed by atoms with Crippen LogP contribution in [0, 0.1) is 0 Å². The van der Waals surface area contributed by atoms with Gasteiger partial charge in [-0.15, -0.1) is 0 Å². The predicted molar refractivity (Wildman–Crippen MR) is 69.5 cm³/mol. The van der Waals surface area contributed by atoms with Gasteiger partial charge in [-0.05, 0) is 24.8 Å². The molecule has 0 saturated carbocycles. The van der Waals surface area contributed by atoms with Crippen molar-refractivity contribution in [1.82, 2.24) is 4.90 Å². The summed E-state index contributed by atoms with van der Waals surface area (Å²) in [5, 5.41) is 0. The minimum absolute atomic E-state index is 0.0644. The van der Waals surface area contributed by atoms with Gasteiger partial charge in [0.05, 0.1) is 6.04 Å². The fourth-order valence-electron chi connectivity index (χ4n) is 3.03. The van der Waals surface area contributed by atoms with E-state index >= 15 is 0 Å². The van der Waals surface area contributed by atoms with Gasteiger partial charge in [-0.1, -0.05) is 30.3 Å². The maximum Gasteiger partial charge on any atom is 0.410 e. The molecule has 1 aromatic rings. The number of piperidine rings is 1. The monoisotopic (exact) mass is 259 g/mol. The molecule has 100 valence electrons. The summed E-state index contributed by atoms with van der Waals surface area (Å²) in [4.78, 5) is 25.6. The Morgan fingerprint density at radius 1 is 1.26 bits per heavy atom. The number of benzene rings is 1. The van der Waals surface area contributed by atoms with E-state index in [2.05, 4.69) is 0 Å². The zero-order chi connectivity index (χ0) is 13.2. The Morgan fingerprint density at radius 2 is 2.05 bits per heavy atom. The van der Waals surface area contributed by atoms with E-state index in [-0.39, 0.29) is 30.6 Å². The number of ketones is 1. The number of fused-ring (bicyclic) bond motifs is 2. The van der Waals surface area contributed by atoms with Crippen LogP contribution in [0.4, 0.5) is 4.79 Å². The second-order valence-corrected chi connectivity index (χ2v) is 5.22. The highest BCUT2D eigenvalue weighted by Crippen LogP contribution is 2.33. The van der Waals surface area contributed by atoms with Crippen molar-refractivity contribution < 1.29 is 14.3 Å². The average Bonchev–Trinajstić information content (AvgIpc) is 2.63. The predicted octanol–water partition coefficient (Wildman–Crippen LogP) is 2.52. The van der Waals surface area contributed by atoms with Crippen LogP contribution < -0.4 is 0 Å². The lowest BCUT2D eigenvalue weighted by atomic mass is 10.0. The van der Waals surface area contributed by atoms with Gasteiger partial charge in [0.2, 0.25) is 0 Å². The summed E-state index contributed by atoms with van der Waals surface area (Å²) in [5.41, 5.74) is 0.964. The molecule has 2 aliphatic rings. The van der Waals surface area contributed by atoms with Gasteiger partial charge in [-0.25, -0.2) is 4.79 Å². The molecule has 4 nitrogen and oxygen atoms in total. The SMILES string of the molecule is O=C1CC2CCCC1N2C(=O)OCc1ccccc1. The number of hydrogen-bond acceptors (Lipinski definition) is 3. The van der Waals surface area contributed by atoms with Crippen molar-refractivity contribution in [3.8, 4) is 0 Å². The Balaban J connectivity index is 1.63. The van der Waals surface area contributed by atoms with E-state index < -0.39 is 0 Å². The van der Waals surface area contributed by atoms with Crippen molar-refractivity contribution in [2.24, 2.45) is 0 Å². The number of nitrogens with zero attached hydrogens (tertiary/aromatic N) is 1. The molecule has 1 amide bonds. The minimum atomic E-state index is -0.343. The number of hydrogen-bond donors (Lipinski definition) is 0. The molecule has 2 heterocycles. The minimum Gasteiger partial charge on any atom is -0.445 e. The number of Topliss-reactive ketones (excluding diaryl/α,β-unsaturated/α-hetero) is 1. The molecule has 2 atom stereocenters. The van der Waals surface area contributed by atoms with Gasteiger partial charge in [-0.3, -0.25) is 9.69 Å². The molecule has 19 heavy (non-hydrogen) atoms.